The highest BCUT2D eigenvalue weighted by Gasteiger charge is 2.45. The summed E-state index contributed by atoms with van der Waals surface area (Å²) in [5.41, 5.74) is 23.5. The van der Waals surface area contributed by atoms with Crippen LogP contribution >= 0.6 is 0 Å². The Morgan fingerprint density at radius 2 is 0.556 bits per heavy atom. The second-order valence-corrected chi connectivity index (χ2v) is 17.1. The van der Waals surface area contributed by atoms with Crippen molar-refractivity contribution in [1.82, 2.24) is 24.5 Å². The molecule has 0 aromatic carbocycles. The van der Waals surface area contributed by atoms with Crippen LogP contribution in [0.3, 0.4) is 0 Å². The predicted molar refractivity (Wildman–Crippen MR) is 187 cm³/mol. The maximum Gasteiger partial charge on any atom is 0.0248 e. The summed E-state index contributed by atoms with van der Waals surface area (Å²) >= 11 is 0. The van der Waals surface area contributed by atoms with Gasteiger partial charge in [0.2, 0.25) is 0 Å². The Balaban J connectivity index is 0.0000000992. The van der Waals surface area contributed by atoms with E-state index in [2.05, 4.69) is 66.7 Å². The number of nitrogens with two attached hydrogens (primary N) is 4. The molecule has 9 heteroatoms. The van der Waals surface area contributed by atoms with E-state index in [1.165, 1.54) is 96.3 Å². The van der Waals surface area contributed by atoms with Gasteiger partial charge in [-0.25, -0.2) is 0 Å². The van der Waals surface area contributed by atoms with E-state index in [1.807, 2.05) is 0 Å². The van der Waals surface area contributed by atoms with Gasteiger partial charge < -0.3 is 27.8 Å². The molecular weight excluding hydrogens is 558 g/mol. The zero-order valence-electron chi connectivity index (χ0n) is 29.8. The van der Waals surface area contributed by atoms with E-state index in [0.29, 0.717) is 24.2 Å². The smallest absolute Gasteiger partial charge is 0.0248 e. The minimum absolute atomic E-state index is 0.480. The first-order chi connectivity index (χ1) is 21.4. The van der Waals surface area contributed by atoms with Gasteiger partial charge in [0.15, 0.2) is 0 Å². The largest absolute Gasteiger partial charge is 0.326 e. The fourth-order valence-corrected chi connectivity index (χ4v) is 11.8. The molecule has 0 saturated carbocycles. The van der Waals surface area contributed by atoms with E-state index in [9.17, 15) is 0 Å². The number of nitrogens with zero attached hydrogens (tertiary/aromatic N) is 5. The number of likely N-dealkylation sites (N-methyl/N-ethyl adjacent to an activating group) is 4. The van der Waals surface area contributed by atoms with Gasteiger partial charge in [0.05, 0.1) is 0 Å². The fourth-order valence-electron chi connectivity index (χ4n) is 11.8. The Kier molecular flexibility index (Phi) is 10.9. The van der Waals surface area contributed by atoms with Gasteiger partial charge in [0.25, 0.3) is 0 Å². The van der Waals surface area contributed by atoms with Gasteiger partial charge in [0, 0.05) is 84.6 Å². The van der Waals surface area contributed by atoms with Crippen LogP contribution in [0.2, 0.25) is 0 Å². The Morgan fingerprint density at radius 1 is 0.333 bits per heavy atom. The average molecular weight is 630 g/mol. The minimum atomic E-state index is 0.480. The molecule has 10 rings (SSSR count). The number of rotatable bonds is 0. The zero-order chi connectivity index (χ0) is 32.2. The van der Waals surface area contributed by atoms with Crippen LogP contribution in [-0.2, 0) is 0 Å². The molecule has 0 amide bonds. The van der Waals surface area contributed by atoms with E-state index in [1.54, 1.807) is 0 Å². The summed E-state index contributed by atoms with van der Waals surface area (Å²) in [6, 6.07) is 9.98. The van der Waals surface area contributed by atoms with E-state index in [4.69, 9.17) is 22.9 Å². The van der Waals surface area contributed by atoms with Crippen LogP contribution in [0.4, 0.5) is 0 Å². The van der Waals surface area contributed by atoms with Crippen molar-refractivity contribution in [2.45, 2.75) is 188 Å². The van der Waals surface area contributed by atoms with Crippen LogP contribution in [-0.4, -0.2) is 144 Å². The Labute approximate surface area is 276 Å². The molecule has 10 aliphatic rings. The molecule has 0 aliphatic carbocycles. The lowest BCUT2D eigenvalue weighted by Gasteiger charge is -2.16. The molecule has 0 spiro atoms. The Bertz CT molecular complexity index is 793. The van der Waals surface area contributed by atoms with Crippen LogP contribution in [0.15, 0.2) is 0 Å². The Morgan fingerprint density at radius 3 is 0.622 bits per heavy atom. The van der Waals surface area contributed by atoms with Gasteiger partial charge >= 0.3 is 0 Å². The fraction of sp³-hybridized carbons (Fsp3) is 1.00. The summed E-state index contributed by atoms with van der Waals surface area (Å²) in [5.74, 6) is 0.980. The molecule has 10 heterocycles. The van der Waals surface area contributed by atoms with Gasteiger partial charge in [-0.1, -0.05) is 6.92 Å². The first kappa shape index (κ1) is 34.5. The average Bonchev–Trinajstić information content (AvgIpc) is 3.93. The van der Waals surface area contributed by atoms with Crippen LogP contribution in [0, 0.1) is 5.92 Å². The van der Waals surface area contributed by atoms with Crippen LogP contribution < -0.4 is 22.9 Å². The van der Waals surface area contributed by atoms with E-state index in [-0.39, 0.29) is 0 Å². The summed E-state index contributed by atoms with van der Waals surface area (Å²) in [7, 11) is 11.1. The lowest BCUT2D eigenvalue weighted by Crippen LogP contribution is -2.34. The molecule has 15 atom stereocenters. The standard InChI is InChI=1S/C8H15N.4C7H14N2/c1-6-5-7-3-4-8(6)9(7)2;4*1-9-5-2-3-7(9)6(8)4-5/h6-8H,3-5H2,1-2H3;4*5-7H,2-4,8H2,1H3/t6-,7?,8-;4*5-,6+,7+/m11100/s1. The second kappa shape index (κ2) is 14.2. The van der Waals surface area contributed by atoms with E-state index in [0.717, 1.165) is 66.3 Å². The number of fused-ring (bicyclic) bond motifs is 10. The lowest BCUT2D eigenvalue weighted by atomic mass is 9.91. The highest BCUT2D eigenvalue weighted by molar-refractivity contribution is 5.03. The van der Waals surface area contributed by atoms with Crippen molar-refractivity contribution in [3.8, 4) is 0 Å². The highest BCUT2D eigenvalue weighted by Crippen LogP contribution is 2.40. The number of hydrogen-bond acceptors (Lipinski definition) is 9. The molecule has 10 fully saturated rings. The third-order valence-electron chi connectivity index (χ3n) is 14.9. The molecule has 260 valence electrons. The number of hydrogen-bond donors (Lipinski definition) is 4. The molecule has 10 bridgehead atoms. The van der Waals surface area contributed by atoms with Crippen molar-refractivity contribution >= 4 is 0 Å². The third-order valence-corrected chi connectivity index (χ3v) is 14.9. The van der Waals surface area contributed by atoms with Crippen molar-refractivity contribution in [3.05, 3.63) is 0 Å². The maximum absolute atomic E-state index is 5.87. The first-order valence-corrected chi connectivity index (χ1v) is 19.1. The maximum atomic E-state index is 5.87. The molecule has 10 aliphatic heterocycles. The topological polar surface area (TPSA) is 120 Å². The Hall–Kier alpha value is -0.360. The van der Waals surface area contributed by atoms with Crippen LogP contribution in [0.5, 0.6) is 0 Å². The van der Waals surface area contributed by atoms with Crippen LogP contribution in [0.25, 0.3) is 0 Å². The van der Waals surface area contributed by atoms with Crippen molar-refractivity contribution in [1.29, 1.82) is 0 Å². The normalized spacial score (nSPS) is 50.7. The monoisotopic (exact) mass is 630 g/mol. The molecule has 8 N–H and O–H groups in total. The molecule has 0 aromatic heterocycles. The highest BCUT2D eigenvalue weighted by atomic mass is 15.3. The van der Waals surface area contributed by atoms with Crippen LogP contribution in [0.1, 0.15) is 103 Å². The van der Waals surface area contributed by atoms with Crippen molar-refractivity contribution in [2.75, 3.05) is 35.2 Å². The molecule has 45 heavy (non-hydrogen) atoms. The van der Waals surface area contributed by atoms with Gasteiger partial charge in [0.1, 0.15) is 0 Å². The predicted octanol–water partition coefficient (Wildman–Crippen LogP) is 2.21. The third kappa shape index (κ3) is 6.91. The summed E-state index contributed by atoms with van der Waals surface area (Å²) < 4.78 is 0. The molecule has 0 aromatic rings. The SMILES string of the molecule is CN1[C@@H]2CC[C@H]1[C@@H](N)C2.CN1[C@@H]2CC[C@H]1[C@@H](N)C2.CN1[C@H]2CC[C@@H]1[C@H](N)C2.CN1[C@H]2CC[C@@H]1[C@H](N)C2.C[C@@H]1CC2CC[C@H]1N2C. The van der Waals surface area contributed by atoms with Gasteiger partial charge in [-0.2, -0.15) is 0 Å². The second-order valence-electron chi connectivity index (χ2n) is 17.1. The lowest BCUT2D eigenvalue weighted by molar-refractivity contribution is 0.296. The quantitative estimate of drug-likeness (QED) is 0.320. The van der Waals surface area contributed by atoms with E-state index >= 15 is 0 Å². The van der Waals surface area contributed by atoms with Crippen molar-refractivity contribution < 1.29 is 0 Å². The zero-order valence-corrected chi connectivity index (χ0v) is 29.8. The van der Waals surface area contributed by atoms with Gasteiger partial charge in [-0.15, -0.1) is 0 Å². The molecule has 1 unspecified atom stereocenters. The van der Waals surface area contributed by atoms with Crippen molar-refractivity contribution in [2.24, 2.45) is 28.9 Å². The van der Waals surface area contributed by atoms with Gasteiger partial charge in [-0.05, 0) is 137 Å². The summed E-state index contributed by atoms with van der Waals surface area (Å²) in [5, 5.41) is 0. The molecular formula is C36H71N9. The van der Waals surface area contributed by atoms with Crippen molar-refractivity contribution in [3.63, 3.8) is 0 Å². The molecule has 10 saturated heterocycles. The first-order valence-electron chi connectivity index (χ1n) is 19.1. The summed E-state index contributed by atoms with van der Waals surface area (Å²) in [4.78, 5) is 12.4. The summed E-state index contributed by atoms with van der Waals surface area (Å²) in [6.45, 7) is 2.39. The summed E-state index contributed by atoms with van der Waals surface area (Å²) in [6.07, 6.45) is 20.2. The minimum Gasteiger partial charge on any atom is -0.326 e. The van der Waals surface area contributed by atoms with Gasteiger partial charge in [-0.3, -0.25) is 19.6 Å². The molecule has 9 nitrogen and oxygen atoms in total. The molecule has 0 radical (unpaired) electrons. The van der Waals surface area contributed by atoms with E-state index < -0.39 is 0 Å².